The predicted molar refractivity (Wildman–Crippen MR) is 49.3 cm³/mol. The first-order valence-electron chi connectivity index (χ1n) is 4.98. The van der Waals surface area contributed by atoms with Crippen LogP contribution in [0.3, 0.4) is 0 Å². The first kappa shape index (κ1) is 9.47. The number of carbonyl (C=O) groups is 1. The van der Waals surface area contributed by atoms with Crippen molar-refractivity contribution in [3.63, 3.8) is 0 Å². The number of ether oxygens (including phenoxy) is 1. The Hall–Kier alpha value is -1.08. The summed E-state index contributed by atoms with van der Waals surface area (Å²) in [7, 11) is 0. The zero-order valence-electron chi connectivity index (χ0n) is 8.16. The molecule has 2 aliphatic heterocycles. The topological polar surface area (TPSA) is 53.3 Å². The number of amides is 1. The summed E-state index contributed by atoms with van der Waals surface area (Å²) in [6.07, 6.45) is 2.08. The Morgan fingerprint density at radius 3 is 2.50 bits per heavy atom. The van der Waals surface area contributed by atoms with E-state index < -0.39 is 0 Å². The van der Waals surface area contributed by atoms with Gasteiger partial charge in [-0.1, -0.05) is 0 Å². The van der Waals surface area contributed by atoms with Crippen LogP contribution in [0.1, 0.15) is 19.3 Å². The smallest absolute Gasteiger partial charge is 0.236 e. The van der Waals surface area contributed by atoms with Crippen molar-refractivity contribution >= 4 is 5.91 Å². The highest BCUT2D eigenvalue weighted by Crippen LogP contribution is 2.38. The van der Waals surface area contributed by atoms with E-state index in [0.29, 0.717) is 5.41 Å². The largest absolute Gasteiger partial charge is 0.380 e. The van der Waals surface area contributed by atoms with E-state index in [-0.39, 0.29) is 12.3 Å². The number of nitriles is 1. The molecule has 0 aromatic carbocycles. The lowest BCUT2D eigenvalue weighted by Gasteiger charge is -2.47. The van der Waals surface area contributed by atoms with Gasteiger partial charge in [0.1, 0.15) is 6.42 Å². The van der Waals surface area contributed by atoms with Gasteiger partial charge in [0, 0.05) is 18.5 Å². The van der Waals surface area contributed by atoms with Gasteiger partial charge < -0.3 is 9.64 Å². The molecule has 1 spiro atoms. The van der Waals surface area contributed by atoms with Gasteiger partial charge in [-0.3, -0.25) is 4.79 Å². The van der Waals surface area contributed by atoms with Gasteiger partial charge in [0.2, 0.25) is 5.91 Å². The fraction of sp³-hybridized carbons (Fsp3) is 0.800. The summed E-state index contributed by atoms with van der Waals surface area (Å²) in [5.74, 6) is -0.0254. The molecule has 0 unspecified atom stereocenters. The highest BCUT2D eigenvalue weighted by molar-refractivity contribution is 5.78. The van der Waals surface area contributed by atoms with Crippen molar-refractivity contribution in [2.24, 2.45) is 5.41 Å². The molecule has 2 rings (SSSR count). The van der Waals surface area contributed by atoms with Crippen molar-refractivity contribution in [1.82, 2.24) is 4.90 Å². The number of hydrogen-bond donors (Lipinski definition) is 0. The second-order valence-electron chi connectivity index (χ2n) is 4.21. The van der Waals surface area contributed by atoms with E-state index in [9.17, 15) is 4.79 Å². The minimum Gasteiger partial charge on any atom is -0.380 e. The maximum absolute atomic E-state index is 11.4. The summed E-state index contributed by atoms with van der Waals surface area (Å²) in [6, 6.07) is 1.90. The number of likely N-dealkylation sites (tertiary alicyclic amines) is 1. The molecule has 0 saturated carbocycles. The molecule has 4 nitrogen and oxygen atoms in total. The minimum absolute atomic E-state index is 0.0174. The van der Waals surface area contributed by atoms with E-state index in [4.69, 9.17) is 10.00 Å². The molecule has 0 bridgehead atoms. The van der Waals surface area contributed by atoms with Crippen LogP contribution in [0.4, 0.5) is 0 Å². The van der Waals surface area contributed by atoms with Crippen LogP contribution in [0.2, 0.25) is 0 Å². The Balaban J connectivity index is 1.84. The average molecular weight is 194 g/mol. The molecular formula is C10H14N2O2. The molecule has 0 aromatic heterocycles. The standard InChI is InChI=1S/C10H14N2O2/c11-4-1-9(13)12-5-2-10(3-6-12)7-14-8-10/h1-3,5-8H2. The van der Waals surface area contributed by atoms with E-state index in [2.05, 4.69) is 0 Å². The monoisotopic (exact) mass is 194 g/mol. The van der Waals surface area contributed by atoms with E-state index in [0.717, 1.165) is 39.1 Å². The van der Waals surface area contributed by atoms with E-state index >= 15 is 0 Å². The van der Waals surface area contributed by atoms with Crippen molar-refractivity contribution < 1.29 is 9.53 Å². The first-order valence-corrected chi connectivity index (χ1v) is 4.98. The van der Waals surface area contributed by atoms with Crippen LogP contribution in [0.25, 0.3) is 0 Å². The molecule has 2 heterocycles. The summed E-state index contributed by atoms with van der Waals surface area (Å²) in [4.78, 5) is 13.2. The normalized spacial score (nSPS) is 24.1. The highest BCUT2D eigenvalue weighted by Gasteiger charge is 2.41. The SMILES string of the molecule is N#CCC(=O)N1CCC2(CC1)COC2. The maximum atomic E-state index is 11.4. The lowest BCUT2D eigenvalue weighted by molar-refractivity contribution is -0.152. The fourth-order valence-corrected chi connectivity index (χ4v) is 2.09. The molecule has 2 saturated heterocycles. The number of hydrogen-bond acceptors (Lipinski definition) is 3. The van der Waals surface area contributed by atoms with Crippen LogP contribution in [-0.4, -0.2) is 37.1 Å². The summed E-state index contributed by atoms with van der Waals surface area (Å²) >= 11 is 0. The molecule has 0 N–H and O–H groups in total. The molecule has 0 aromatic rings. The Morgan fingerprint density at radius 1 is 1.43 bits per heavy atom. The lowest BCUT2D eigenvalue weighted by atomic mass is 9.77. The van der Waals surface area contributed by atoms with Gasteiger partial charge in [-0.05, 0) is 12.8 Å². The summed E-state index contributed by atoms with van der Waals surface area (Å²) in [6.45, 7) is 3.30. The van der Waals surface area contributed by atoms with Gasteiger partial charge in [0.05, 0.1) is 19.3 Å². The Bertz CT molecular complexity index is 268. The van der Waals surface area contributed by atoms with Crippen LogP contribution in [0.15, 0.2) is 0 Å². The molecule has 76 valence electrons. The zero-order valence-corrected chi connectivity index (χ0v) is 8.16. The van der Waals surface area contributed by atoms with Crippen LogP contribution in [-0.2, 0) is 9.53 Å². The third kappa shape index (κ3) is 1.60. The van der Waals surface area contributed by atoms with Crippen LogP contribution >= 0.6 is 0 Å². The number of rotatable bonds is 1. The van der Waals surface area contributed by atoms with Crippen molar-refractivity contribution in [3.8, 4) is 6.07 Å². The lowest BCUT2D eigenvalue weighted by Crippen LogP contribution is -2.52. The van der Waals surface area contributed by atoms with Gasteiger partial charge in [0.15, 0.2) is 0 Å². The molecular weight excluding hydrogens is 180 g/mol. The number of carbonyl (C=O) groups excluding carboxylic acids is 1. The van der Waals surface area contributed by atoms with Gasteiger partial charge in [-0.15, -0.1) is 0 Å². The third-order valence-electron chi connectivity index (χ3n) is 3.22. The Morgan fingerprint density at radius 2 is 2.07 bits per heavy atom. The Labute approximate surface area is 83.4 Å². The fourth-order valence-electron chi connectivity index (χ4n) is 2.09. The molecule has 0 aliphatic carbocycles. The molecule has 0 atom stereocenters. The third-order valence-corrected chi connectivity index (χ3v) is 3.22. The maximum Gasteiger partial charge on any atom is 0.236 e. The Kier molecular flexibility index (Phi) is 2.42. The highest BCUT2D eigenvalue weighted by atomic mass is 16.5. The van der Waals surface area contributed by atoms with Crippen LogP contribution < -0.4 is 0 Å². The van der Waals surface area contributed by atoms with E-state index in [1.165, 1.54) is 0 Å². The van der Waals surface area contributed by atoms with Gasteiger partial charge in [-0.2, -0.15) is 5.26 Å². The van der Waals surface area contributed by atoms with E-state index in [1.807, 2.05) is 6.07 Å². The molecule has 0 radical (unpaired) electrons. The van der Waals surface area contributed by atoms with Gasteiger partial charge >= 0.3 is 0 Å². The number of piperidine rings is 1. The molecule has 2 aliphatic rings. The minimum atomic E-state index is -0.0254. The molecule has 1 amide bonds. The summed E-state index contributed by atoms with van der Waals surface area (Å²) in [5.41, 5.74) is 0.365. The van der Waals surface area contributed by atoms with Gasteiger partial charge in [-0.25, -0.2) is 0 Å². The first-order chi connectivity index (χ1) is 6.76. The van der Waals surface area contributed by atoms with Crippen LogP contribution in [0.5, 0.6) is 0 Å². The van der Waals surface area contributed by atoms with Gasteiger partial charge in [0.25, 0.3) is 0 Å². The predicted octanol–water partition coefficient (Wildman–Crippen LogP) is 0.539. The second kappa shape index (κ2) is 3.58. The van der Waals surface area contributed by atoms with Crippen molar-refractivity contribution in [2.75, 3.05) is 26.3 Å². The van der Waals surface area contributed by atoms with Crippen molar-refractivity contribution in [3.05, 3.63) is 0 Å². The quantitative estimate of drug-likeness (QED) is 0.612. The number of nitrogens with zero attached hydrogens (tertiary/aromatic N) is 2. The molecule has 14 heavy (non-hydrogen) atoms. The molecule has 2 fully saturated rings. The summed E-state index contributed by atoms with van der Waals surface area (Å²) in [5, 5.41) is 8.41. The van der Waals surface area contributed by atoms with Crippen molar-refractivity contribution in [1.29, 1.82) is 5.26 Å². The van der Waals surface area contributed by atoms with Crippen molar-refractivity contribution in [2.45, 2.75) is 19.3 Å². The molecule has 4 heteroatoms. The second-order valence-corrected chi connectivity index (χ2v) is 4.21. The summed E-state index contributed by atoms with van der Waals surface area (Å²) < 4.78 is 5.20. The average Bonchev–Trinajstić information content (AvgIpc) is 2.16. The van der Waals surface area contributed by atoms with E-state index in [1.54, 1.807) is 4.90 Å². The van der Waals surface area contributed by atoms with Crippen LogP contribution in [0, 0.1) is 16.7 Å². The zero-order chi connectivity index (χ0) is 10.0.